The summed E-state index contributed by atoms with van der Waals surface area (Å²) < 4.78 is 0. The molecule has 0 saturated carbocycles. The number of hydrogen-bond donors (Lipinski definition) is 1. The number of hydrogen-bond acceptors (Lipinski definition) is 3. The van der Waals surface area contributed by atoms with Crippen molar-refractivity contribution in [2.24, 2.45) is 5.92 Å². The van der Waals surface area contributed by atoms with Gasteiger partial charge in [0.25, 0.3) is 0 Å². The lowest BCUT2D eigenvalue weighted by Gasteiger charge is -2.52. The summed E-state index contributed by atoms with van der Waals surface area (Å²) in [6.45, 7) is 1.22. The molecule has 0 radical (unpaired) electrons. The molecular weight excluding hydrogens is 523 g/mol. The predicted octanol–water partition coefficient (Wildman–Crippen LogP) is 4.13. The Morgan fingerprint density at radius 3 is 2.39 bits per heavy atom. The summed E-state index contributed by atoms with van der Waals surface area (Å²) in [4.78, 5) is 45.6. The van der Waals surface area contributed by atoms with Crippen LogP contribution in [-0.2, 0) is 22.6 Å². The van der Waals surface area contributed by atoms with Crippen molar-refractivity contribution in [1.29, 1.82) is 0 Å². The summed E-state index contributed by atoms with van der Waals surface area (Å²) in [6.07, 6.45) is 5.51. The summed E-state index contributed by atoms with van der Waals surface area (Å²) in [5.41, 5.74) is 1.93. The molecule has 0 aromatic heterocycles. The van der Waals surface area contributed by atoms with E-state index in [4.69, 9.17) is 23.2 Å². The van der Waals surface area contributed by atoms with Crippen LogP contribution in [0, 0.1) is 5.92 Å². The smallest absolute Gasteiger partial charge is 0.319 e. The number of rotatable bonds is 6. The first-order chi connectivity index (χ1) is 18.4. The average Bonchev–Trinajstić information content (AvgIpc) is 2.93. The molecule has 0 bridgehead atoms. The van der Waals surface area contributed by atoms with Crippen LogP contribution in [0.5, 0.6) is 0 Å². The Balaban J connectivity index is 1.41. The van der Waals surface area contributed by atoms with E-state index in [1.54, 1.807) is 20.8 Å². The molecule has 38 heavy (non-hydrogen) atoms. The molecular formula is C29H30Cl2N4O3. The fourth-order valence-corrected chi connectivity index (χ4v) is 5.86. The molecule has 0 spiro atoms. The molecule has 2 saturated heterocycles. The SMILES string of the molecule is O=C1[C@H](Cc2ccccc2)N2C(=O)CCN(C(=O)NCc3ccccc3)[C@H]2CN1CC1C=CC=C(Cl)C1Cl. The van der Waals surface area contributed by atoms with E-state index in [0.29, 0.717) is 24.5 Å². The highest BCUT2D eigenvalue weighted by molar-refractivity contribution is 6.37. The fourth-order valence-electron chi connectivity index (χ4n) is 5.39. The molecule has 5 rings (SSSR count). The van der Waals surface area contributed by atoms with E-state index < -0.39 is 17.6 Å². The second-order valence-electron chi connectivity index (χ2n) is 9.82. The second-order valence-corrected chi connectivity index (χ2v) is 10.7. The molecule has 1 aliphatic carbocycles. The van der Waals surface area contributed by atoms with Crippen LogP contribution < -0.4 is 5.32 Å². The molecule has 9 heteroatoms. The van der Waals surface area contributed by atoms with E-state index in [-0.39, 0.29) is 43.3 Å². The minimum atomic E-state index is -0.722. The van der Waals surface area contributed by atoms with Gasteiger partial charge in [-0.25, -0.2) is 4.79 Å². The number of fused-ring (bicyclic) bond motifs is 1. The molecule has 7 nitrogen and oxygen atoms in total. The van der Waals surface area contributed by atoms with E-state index in [1.165, 1.54) is 0 Å². The van der Waals surface area contributed by atoms with Crippen molar-refractivity contribution in [2.45, 2.75) is 37.0 Å². The average molecular weight is 553 g/mol. The molecule has 2 aromatic rings. The van der Waals surface area contributed by atoms with Gasteiger partial charge in [0.1, 0.15) is 12.2 Å². The molecule has 2 unspecified atom stereocenters. The van der Waals surface area contributed by atoms with Gasteiger partial charge in [0.2, 0.25) is 11.8 Å². The van der Waals surface area contributed by atoms with E-state index in [9.17, 15) is 14.4 Å². The van der Waals surface area contributed by atoms with Crippen LogP contribution >= 0.6 is 23.2 Å². The van der Waals surface area contributed by atoms with Crippen LogP contribution in [0.25, 0.3) is 0 Å². The minimum Gasteiger partial charge on any atom is -0.336 e. The number of carbonyl (C=O) groups excluding carboxylic acids is 3. The minimum absolute atomic E-state index is 0.116. The lowest BCUT2D eigenvalue weighted by Crippen LogP contribution is -2.72. The summed E-state index contributed by atoms with van der Waals surface area (Å²) in [6, 6.07) is 18.3. The predicted molar refractivity (Wildman–Crippen MR) is 147 cm³/mol. The van der Waals surface area contributed by atoms with E-state index in [1.807, 2.05) is 72.8 Å². The van der Waals surface area contributed by atoms with Crippen LogP contribution in [0.3, 0.4) is 0 Å². The molecule has 2 aliphatic heterocycles. The Morgan fingerprint density at radius 2 is 1.68 bits per heavy atom. The Bertz CT molecular complexity index is 1240. The summed E-state index contributed by atoms with van der Waals surface area (Å²) in [5.74, 6) is -0.440. The van der Waals surface area contributed by atoms with Crippen LogP contribution in [0.2, 0.25) is 0 Å². The zero-order valence-electron chi connectivity index (χ0n) is 20.9. The van der Waals surface area contributed by atoms with Crippen molar-refractivity contribution in [3.8, 4) is 0 Å². The van der Waals surface area contributed by atoms with Crippen molar-refractivity contribution in [3.05, 3.63) is 95.1 Å². The lowest BCUT2D eigenvalue weighted by atomic mass is 9.94. The Morgan fingerprint density at radius 1 is 1.00 bits per heavy atom. The zero-order chi connectivity index (χ0) is 26.6. The highest BCUT2D eigenvalue weighted by atomic mass is 35.5. The maximum Gasteiger partial charge on any atom is 0.319 e. The second kappa shape index (κ2) is 11.6. The Labute approximate surface area is 232 Å². The number of allylic oxidation sites excluding steroid dienone is 3. The third-order valence-corrected chi connectivity index (χ3v) is 8.39. The Kier molecular flexibility index (Phi) is 8.05. The van der Waals surface area contributed by atoms with Crippen molar-refractivity contribution in [2.75, 3.05) is 19.6 Å². The van der Waals surface area contributed by atoms with E-state index >= 15 is 0 Å². The number of nitrogens with one attached hydrogen (secondary N) is 1. The third-order valence-electron chi connectivity index (χ3n) is 7.36. The van der Waals surface area contributed by atoms with Crippen LogP contribution in [0.15, 0.2) is 83.9 Å². The van der Waals surface area contributed by atoms with Crippen molar-refractivity contribution in [1.82, 2.24) is 20.0 Å². The number of halogens is 2. The number of carbonyl (C=O) groups is 3. The van der Waals surface area contributed by atoms with Crippen LogP contribution in [-0.4, -0.2) is 69.8 Å². The summed E-state index contributed by atoms with van der Waals surface area (Å²) in [5, 5.41) is 3.07. The largest absolute Gasteiger partial charge is 0.336 e. The van der Waals surface area contributed by atoms with Crippen molar-refractivity contribution < 1.29 is 14.4 Å². The van der Waals surface area contributed by atoms with Crippen molar-refractivity contribution >= 4 is 41.0 Å². The molecule has 2 heterocycles. The van der Waals surface area contributed by atoms with Gasteiger partial charge in [-0.3, -0.25) is 9.59 Å². The highest BCUT2D eigenvalue weighted by Gasteiger charge is 2.49. The number of nitrogens with zero attached hydrogens (tertiary/aromatic N) is 3. The molecule has 2 aromatic carbocycles. The van der Waals surface area contributed by atoms with Gasteiger partial charge < -0.3 is 20.0 Å². The standard InChI is InChI=1S/C29H30Cl2N4O3/c30-23-13-7-12-22(27(23)31)18-33-19-25-34(29(38)32-17-21-10-5-2-6-11-21)15-14-26(36)35(25)24(28(33)37)16-20-8-3-1-4-9-20/h1-13,22,24-25,27H,14-19H2,(H,32,38)/t22?,24-,25+,27?/m0/s1. The molecule has 198 valence electrons. The highest BCUT2D eigenvalue weighted by Crippen LogP contribution is 2.32. The van der Waals surface area contributed by atoms with Gasteiger partial charge in [0.05, 0.1) is 11.9 Å². The van der Waals surface area contributed by atoms with Crippen LogP contribution in [0.1, 0.15) is 17.5 Å². The quantitative estimate of drug-likeness (QED) is 0.547. The van der Waals surface area contributed by atoms with Gasteiger partial charge in [-0.1, -0.05) is 84.4 Å². The first kappa shape index (κ1) is 26.3. The van der Waals surface area contributed by atoms with Crippen LogP contribution in [0.4, 0.5) is 4.79 Å². The van der Waals surface area contributed by atoms with E-state index in [2.05, 4.69) is 5.32 Å². The Hall–Kier alpha value is -3.29. The van der Waals surface area contributed by atoms with Gasteiger partial charge in [-0.2, -0.15) is 0 Å². The van der Waals surface area contributed by atoms with Gasteiger partial charge >= 0.3 is 6.03 Å². The maximum atomic E-state index is 13.9. The normalized spacial score (nSPS) is 25.2. The topological polar surface area (TPSA) is 73.0 Å². The summed E-state index contributed by atoms with van der Waals surface area (Å²) >= 11 is 12.9. The number of amides is 4. The van der Waals surface area contributed by atoms with Gasteiger partial charge in [0, 0.05) is 43.4 Å². The van der Waals surface area contributed by atoms with Crippen molar-refractivity contribution in [3.63, 3.8) is 0 Å². The maximum absolute atomic E-state index is 13.9. The monoisotopic (exact) mass is 552 g/mol. The third kappa shape index (κ3) is 5.59. The number of benzene rings is 2. The first-order valence-corrected chi connectivity index (χ1v) is 13.6. The number of piperazine rings is 1. The summed E-state index contributed by atoms with van der Waals surface area (Å²) in [7, 11) is 0. The molecule has 4 amide bonds. The molecule has 3 aliphatic rings. The fraction of sp³-hybridized carbons (Fsp3) is 0.345. The molecule has 4 atom stereocenters. The zero-order valence-corrected chi connectivity index (χ0v) is 22.4. The van der Waals surface area contributed by atoms with Gasteiger partial charge in [0.15, 0.2) is 0 Å². The molecule has 2 fully saturated rings. The van der Waals surface area contributed by atoms with E-state index in [0.717, 1.165) is 11.1 Å². The lowest BCUT2D eigenvalue weighted by molar-refractivity contribution is -0.167. The van der Waals surface area contributed by atoms with Gasteiger partial charge in [-0.15, -0.1) is 11.6 Å². The molecule has 1 N–H and O–H groups in total. The number of urea groups is 1. The number of alkyl halides is 1. The first-order valence-electron chi connectivity index (χ1n) is 12.8. The van der Waals surface area contributed by atoms with Gasteiger partial charge in [-0.05, 0) is 17.2 Å².